The fourth-order valence-corrected chi connectivity index (χ4v) is 3.67. The largest absolute Gasteiger partial charge is 0.493 e. The number of nitrogens with one attached hydrogen (secondary N) is 1. The second kappa shape index (κ2) is 7.57. The molecule has 0 spiro atoms. The number of rotatable bonds is 5. The first-order chi connectivity index (χ1) is 11.7. The van der Waals surface area contributed by atoms with E-state index in [2.05, 4.69) is 5.32 Å². The lowest BCUT2D eigenvalue weighted by Gasteiger charge is -2.12. The van der Waals surface area contributed by atoms with Crippen LogP contribution in [0.3, 0.4) is 0 Å². The Morgan fingerprint density at radius 3 is 2.46 bits per heavy atom. The third-order valence-corrected chi connectivity index (χ3v) is 4.97. The van der Waals surface area contributed by atoms with Crippen LogP contribution in [0.15, 0.2) is 12.1 Å². The number of hydrogen-bond acceptors (Lipinski definition) is 6. The Hall–Kier alpha value is -2.21. The lowest BCUT2D eigenvalue weighted by molar-refractivity contribution is 0.324. The molecule has 1 N–H and O–H groups in total. The summed E-state index contributed by atoms with van der Waals surface area (Å²) in [5, 5.41) is 5.67. The van der Waals surface area contributed by atoms with Crippen molar-refractivity contribution in [3.05, 3.63) is 28.4 Å². The molecule has 2 heterocycles. The molecule has 1 aliphatic rings. The lowest BCUT2D eigenvalue weighted by Crippen LogP contribution is -1.96. The van der Waals surface area contributed by atoms with E-state index in [1.54, 1.807) is 32.7 Å². The maximum atomic E-state index is 5.39. The first kappa shape index (κ1) is 16.6. The van der Waals surface area contributed by atoms with Crippen LogP contribution in [0.2, 0.25) is 0 Å². The van der Waals surface area contributed by atoms with Crippen LogP contribution in [-0.4, -0.2) is 32.9 Å². The summed E-state index contributed by atoms with van der Waals surface area (Å²) < 4.78 is 16.1. The van der Waals surface area contributed by atoms with Crippen molar-refractivity contribution in [2.45, 2.75) is 19.3 Å². The number of nitrogens with zero attached hydrogens (tertiary/aromatic N) is 1. The zero-order valence-electron chi connectivity index (χ0n) is 14.2. The van der Waals surface area contributed by atoms with Gasteiger partial charge in [-0.3, -0.25) is 0 Å². The zero-order chi connectivity index (χ0) is 16.9. The number of aryl methyl sites for hydroxylation is 1. The summed E-state index contributed by atoms with van der Waals surface area (Å²) in [6.07, 6.45) is 7.50. The predicted octanol–water partition coefficient (Wildman–Crippen LogP) is 4.09. The van der Waals surface area contributed by atoms with Crippen LogP contribution in [0.5, 0.6) is 17.2 Å². The Kier molecular flexibility index (Phi) is 5.25. The number of thiazole rings is 1. The lowest BCUT2D eigenvalue weighted by atomic mass is 10.1. The van der Waals surface area contributed by atoms with Gasteiger partial charge in [0.2, 0.25) is 5.75 Å². The minimum absolute atomic E-state index is 0.599. The number of fused-ring (bicyclic) bond motifs is 1. The molecule has 3 rings (SSSR count). The van der Waals surface area contributed by atoms with E-state index in [4.69, 9.17) is 19.2 Å². The van der Waals surface area contributed by atoms with Crippen molar-refractivity contribution in [3.63, 3.8) is 0 Å². The van der Waals surface area contributed by atoms with Crippen LogP contribution in [0, 0.1) is 0 Å². The Morgan fingerprint density at radius 1 is 1.04 bits per heavy atom. The summed E-state index contributed by atoms with van der Waals surface area (Å²) in [5.41, 5.74) is 2.16. The molecule has 128 valence electrons. The molecule has 24 heavy (non-hydrogen) atoms. The molecule has 0 radical (unpaired) electrons. The SMILES string of the molecule is COc1cc(C=Cc2nc3c(s2)NCCCC3)cc(OC)c1OC. The maximum Gasteiger partial charge on any atom is 0.203 e. The predicted molar refractivity (Wildman–Crippen MR) is 98.6 cm³/mol. The standard InChI is InChI=1S/C18H22N2O3S/c1-21-14-10-12(11-15(22-2)17(14)23-3)7-8-16-20-13-6-4-5-9-19-18(13)24-16/h7-8,10-11,19H,4-6,9H2,1-3H3. The second-order valence-corrected chi connectivity index (χ2v) is 6.53. The molecule has 1 aliphatic heterocycles. The highest BCUT2D eigenvalue weighted by molar-refractivity contribution is 7.16. The van der Waals surface area contributed by atoms with Crippen molar-refractivity contribution in [1.29, 1.82) is 0 Å². The topological polar surface area (TPSA) is 52.6 Å². The van der Waals surface area contributed by atoms with Crippen LogP contribution in [0.1, 0.15) is 29.1 Å². The Bertz CT molecular complexity index is 691. The van der Waals surface area contributed by atoms with Crippen LogP contribution >= 0.6 is 11.3 Å². The molecule has 0 amide bonds. The highest BCUT2D eigenvalue weighted by Gasteiger charge is 2.14. The molecule has 0 atom stereocenters. The zero-order valence-corrected chi connectivity index (χ0v) is 15.0. The van der Waals surface area contributed by atoms with E-state index in [0.29, 0.717) is 17.2 Å². The highest BCUT2D eigenvalue weighted by Crippen LogP contribution is 2.38. The molecule has 0 saturated heterocycles. The van der Waals surface area contributed by atoms with Gasteiger partial charge in [0.15, 0.2) is 11.5 Å². The molecule has 1 aromatic heterocycles. The molecule has 0 bridgehead atoms. The van der Waals surface area contributed by atoms with Crippen molar-refractivity contribution in [2.24, 2.45) is 0 Å². The first-order valence-electron chi connectivity index (χ1n) is 7.97. The summed E-state index contributed by atoms with van der Waals surface area (Å²) in [7, 11) is 4.84. The van der Waals surface area contributed by atoms with E-state index < -0.39 is 0 Å². The molecule has 5 nitrogen and oxygen atoms in total. The summed E-state index contributed by atoms with van der Waals surface area (Å²) >= 11 is 1.70. The van der Waals surface area contributed by atoms with Crippen molar-refractivity contribution in [1.82, 2.24) is 4.98 Å². The fraction of sp³-hybridized carbons (Fsp3) is 0.389. The molecular formula is C18H22N2O3S. The monoisotopic (exact) mass is 346 g/mol. The smallest absolute Gasteiger partial charge is 0.203 e. The van der Waals surface area contributed by atoms with Crippen LogP contribution in [0.25, 0.3) is 12.2 Å². The van der Waals surface area contributed by atoms with Gasteiger partial charge < -0.3 is 19.5 Å². The van der Waals surface area contributed by atoms with Gasteiger partial charge in [0, 0.05) is 6.54 Å². The van der Waals surface area contributed by atoms with Gasteiger partial charge in [-0.1, -0.05) is 17.4 Å². The number of ether oxygens (including phenoxy) is 3. The Labute approximate surface area is 146 Å². The minimum Gasteiger partial charge on any atom is -0.493 e. The van der Waals surface area contributed by atoms with Gasteiger partial charge in [-0.25, -0.2) is 4.98 Å². The third kappa shape index (κ3) is 3.48. The number of aromatic nitrogens is 1. The first-order valence-corrected chi connectivity index (χ1v) is 8.78. The van der Waals surface area contributed by atoms with E-state index in [1.165, 1.54) is 23.5 Å². The Balaban J connectivity index is 1.86. The van der Waals surface area contributed by atoms with E-state index in [0.717, 1.165) is 23.5 Å². The van der Waals surface area contributed by atoms with Gasteiger partial charge in [-0.05, 0) is 43.0 Å². The average molecular weight is 346 g/mol. The number of benzene rings is 1. The number of anilines is 1. The van der Waals surface area contributed by atoms with Crippen LogP contribution < -0.4 is 19.5 Å². The van der Waals surface area contributed by atoms with Crippen molar-refractivity contribution < 1.29 is 14.2 Å². The summed E-state index contributed by atoms with van der Waals surface area (Å²) in [4.78, 5) is 4.73. The summed E-state index contributed by atoms with van der Waals surface area (Å²) in [6, 6.07) is 3.85. The van der Waals surface area contributed by atoms with E-state index >= 15 is 0 Å². The van der Waals surface area contributed by atoms with Gasteiger partial charge in [0.05, 0.1) is 27.0 Å². The van der Waals surface area contributed by atoms with Crippen molar-refractivity contribution >= 4 is 28.5 Å². The minimum atomic E-state index is 0.599. The van der Waals surface area contributed by atoms with Gasteiger partial charge >= 0.3 is 0 Å². The molecule has 6 heteroatoms. The van der Waals surface area contributed by atoms with Gasteiger partial charge in [-0.2, -0.15) is 0 Å². The van der Waals surface area contributed by atoms with Gasteiger partial charge in [0.1, 0.15) is 10.0 Å². The average Bonchev–Trinajstić information content (AvgIpc) is 2.88. The maximum absolute atomic E-state index is 5.39. The number of hydrogen-bond donors (Lipinski definition) is 1. The molecule has 0 aliphatic carbocycles. The summed E-state index contributed by atoms with van der Waals surface area (Å²) in [5.74, 6) is 1.89. The van der Waals surface area contributed by atoms with Crippen LogP contribution in [0.4, 0.5) is 5.00 Å². The van der Waals surface area contributed by atoms with E-state index in [-0.39, 0.29) is 0 Å². The third-order valence-electron chi connectivity index (χ3n) is 3.95. The Morgan fingerprint density at radius 2 is 1.79 bits per heavy atom. The molecule has 1 aromatic carbocycles. The number of methoxy groups -OCH3 is 3. The molecule has 2 aromatic rings. The van der Waals surface area contributed by atoms with Crippen LogP contribution in [-0.2, 0) is 6.42 Å². The molecule has 0 fully saturated rings. The second-order valence-electron chi connectivity index (χ2n) is 5.50. The van der Waals surface area contributed by atoms with Gasteiger partial charge in [-0.15, -0.1) is 0 Å². The molecule has 0 unspecified atom stereocenters. The normalized spacial score (nSPS) is 14.0. The molecular weight excluding hydrogens is 324 g/mol. The van der Waals surface area contributed by atoms with Crippen molar-refractivity contribution in [2.75, 3.05) is 33.2 Å². The fourth-order valence-electron chi connectivity index (χ4n) is 2.73. The van der Waals surface area contributed by atoms with Gasteiger partial charge in [0.25, 0.3) is 0 Å². The van der Waals surface area contributed by atoms with E-state index in [9.17, 15) is 0 Å². The van der Waals surface area contributed by atoms with Crippen molar-refractivity contribution in [3.8, 4) is 17.2 Å². The summed E-state index contributed by atoms with van der Waals surface area (Å²) in [6.45, 7) is 1.03. The molecule has 0 saturated carbocycles. The quantitative estimate of drug-likeness (QED) is 0.884. The van der Waals surface area contributed by atoms with E-state index in [1.807, 2.05) is 24.3 Å². The highest BCUT2D eigenvalue weighted by atomic mass is 32.1.